The maximum Gasteiger partial charge on any atom is 0.141 e. The Morgan fingerprint density at radius 1 is 1.16 bits per heavy atom. The largest absolute Gasteiger partial charge is 0.357 e. The highest BCUT2D eigenvalue weighted by molar-refractivity contribution is 7.18. The van der Waals surface area contributed by atoms with E-state index in [1.165, 1.54) is 10.3 Å². The Balaban J connectivity index is 2.66. The van der Waals surface area contributed by atoms with E-state index < -0.39 is 0 Å². The quantitative estimate of drug-likeness (QED) is 0.819. The predicted molar refractivity (Wildman–Crippen MR) is 84.4 cm³/mol. The fourth-order valence-electron chi connectivity index (χ4n) is 2.17. The Kier molecular flexibility index (Phi) is 4.40. The fraction of sp³-hybridized carbons (Fsp3) is 0.600. The summed E-state index contributed by atoms with van der Waals surface area (Å²) in [6, 6.07) is 2.26. The molecule has 0 atom stereocenters. The lowest BCUT2D eigenvalue weighted by Crippen LogP contribution is -2.24. The number of rotatable bonds is 5. The van der Waals surface area contributed by atoms with Gasteiger partial charge in [-0.1, -0.05) is 20.8 Å². The molecular weight excluding hydrogens is 254 g/mol. The van der Waals surface area contributed by atoms with Crippen LogP contribution in [-0.2, 0) is 6.42 Å². The second-order valence-corrected chi connectivity index (χ2v) is 6.13. The summed E-state index contributed by atoms with van der Waals surface area (Å²) in [5, 5.41) is 1.22. The average Bonchev–Trinajstić information content (AvgIpc) is 2.82. The van der Waals surface area contributed by atoms with E-state index in [2.05, 4.69) is 45.6 Å². The second kappa shape index (κ2) is 5.87. The fourth-order valence-corrected chi connectivity index (χ4v) is 3.14. The van der Waals surface area contributed by atoms with Gasteiger partial charge < -0.3 is 4.90 Å². The molecule has 19 heavy (non-hydrogen) atoms. The number of nitrogens with zero attached hydrogens (tertiary/aromatic N) is 3. The molecule has 2 rings (SSSR count). The molecule has 2 aromatic heterocycles. The average molecular weight is 277 g/mol. The van der Waals surface area contributed by atoms with Crippen LogP contribution in [0.4, 0.5) is 5.82 Å². The highest BCUT2D eigenvalue weighted by atomic mass is 32.1. The maximum absolute atomic E-state index is 4.81. The molecule has 0 fully saturated rings. The van der Waals surface area contributed by atoms with E-state index in [4.69, 9.17) is 9.97 Å². The summed E-state index contributed by atoms with van der Waals surface area (Å²) in [5.41, 5.74) is 0. The molecule has 0 unspecified atom stereocenters. The second-order valence-electron chi connectivity index (χ2n) is 5.02. The van der Waals surface area contributed by atoms with Crippen molar-refractivity contribution in [2.45, 2.75) is 47.0 Å². The van der Waals surface area contributed by atoms with Crippen LogP contribution < -0.4 is 4.90 Å². The van der Waals surface area contributed by atoms with E-state index in [9.17, 15) is 0 Å². The standard InChI is InChI=1S/C15H23N3S/c1-6-11-9-12-14(18(7-2)8-3)16-13(10(4)5)17-15(12)19-11/h9-10H,6-8H2,1-5H3. The van der Waals surface area contributed by atoms with Gasteiger partial charge in [-0.25, -0.2) is 9.97 Å². The van der Waals surface area contributed by atoms with Crippen LogP contribution in [0.2, 0.25) is 0 Å². The van der Waals surface area contributed by atoms with Crippen LogP contribution in [-0.4, -0.2) is 23.1 Å². The van der Waals surface area contributed by atoms with Crippen LogP contribution >= 0.6 is 11.3 Å². The number of anilines is 1. The molecule has 104 valence electrons. The summed E-state index contributed by atoms with van der Waals surface area (Å²) in [5.74, 6) is 2.43. The number of aryl methyl sites for hydroxylation is 1. The zero-order valence-electron chi connectivity index (χ0n) is 12.5. The number of aromatic nitrogens is 2. The summed E-state index contributed by atoms with van der Waals surface area (Å²) < 4.78 is 0. The summed E-state index contributed by atoms with van der Waals surface area (Å²) in [6.07, 6.45) is 1.07. The van der Waals surface area contributed by atoms with Crippen molar-refractivity contribution in [3.63, 3.8) is 0 Å². The number of fused-ring (bicyclic) bond motifs is 1. The Morgan fingerprint density at radius 3 is 2.37 bits per heavy atom. The van der Waals surface area contributed by atoms with Crippen LogP contribution in [0, 0.1) is 0 Å². The third-order valence-corrected chi connectivity index (χ3v) is 4.54. The lowest BCUT2D eigenvalue weighted by Gasteiger charge is -2.21. The topological polar surface area (TPSA) is 29.0 Å². The molecule has 4 heteroatoms. The van der Waals surface area contributed by atoms with Crippen LogP contribution in [0.3, 0.4) is 0 Å². The third kappa shape index (κ3) is 2.73. The van der Waals surface area contributed by atoms with Crippen molar-refractivity contribution in [1.29, 1.82) is 0 Å². The van der Waals surface area contributed by atoms with E-state index in [0.717, 1.165) is 36.0 Å². The number of thiophene rings is 1. The molecule has 2 heterocycles. The minimum atomic E-state index is 0.367. The van der Waals surface area contributed by atoms with Gasteiger partial charge in [0.25, 0.3) is 0 Å². The summed E-state index contributed by atoms with van der Waals surface area (Å²) in [6.45, 7) is 12.8. The van der Waals surface area contributed by atoms with Gasteiger partial charge in [-0.2, -0.15) is 0 Å². The molecule has 0 spiro atoms. The Bertz CT molecular complexity index is 556. The predicted octanol–water partition coefficient (Wildman–Crippen LogP) is 4.22. The van der Waals surface area contributed by atoms with Crippen LogP contribution in [0.25, 0.3) is 10.2 Å². The van der Waals surface area contributed by atoms with E-state index in [1.54, 1.807) is 11.3 Å². The van der Waals surface area contributed by atoms with Gasteiger partial charge in [0, 0.05) is 23.9 Å². The van der Waals surface area contributed by atoms with Gasteiger partial charge in [-0.05, 0) is 26.3 Å². The Hall–Kier alpha value is -1.16. The monoisotopic (exact) mass is 277 g/mol. The molecule has 0 saturated carbocycles. The molecule has 2 aromatic rings. The van der Waals surface area contributed by atoms with Gasteiger partial charge in [0.05, 0.1) is 5.39 Å². The van der Waals surface area contributed by atoms with Crippen LogP contribution in [0.1, 0.15) is 51.2 Å². The van der Waals surface area contributed by atoms with Crippen molar-refractivity contribution < 1.29 is 0 Å². The molecule has 0 aliphatic rings. The molecule has 0 saturated heterocycles. The molecule has 0 aliphatic heterocycles. The lowest BCUT2D eigenvalue weighted by molar-refractivity contribution is 0.767. The molecular formula is C15H23N3S. The van der Waals surface area contributed by atoms with E-state index in [-0.39, 0.29) is 0 Å². The first-order chi connectivity index (χ1) is 9.10. The maximum atomic E-state index is 4.81. The molecule has 0 aliphatic carbocycles. The first-order valence-electron chi connectivity index (χ1n) is 7.15. The van der Waals surface area contributed by atoms with E-state index >= 15 is 0 Å². The number of hydrogen-bond acceptors (Lipinski definition) is 4. The summed E-state index contributed by atoms with van der Waals surface area (Å²) in [4.78, 5) is 14.4. The number of hydrogen-bond donors (Lipinski definition) is 0. The molecule has 0 radical (unpaired) electrons. The Labute approximate surface area is 119 Å². The van der Waals surface area contributed by atoms with E-state index in [0.29, 0.717) is 5.92 Å². The van der Waals surface area contributed by atoms with Gasteiger partial charge in [0.1, 0.15) is 16.5 Å². The van der Waals surface area contributed by atoms with Crippen molar-refractivity contribution in [2.75, 3.05) is 18.0 Å². The zero-order chi connectivity index (χ0) is 14.0. The van der Waals surface area contributed by atoms with Gasteiger partial charge in [0.2, 0.25) is 0 Å². The SMILES string of the molecule is CCc1cc2c(N(CC)CC)nc(C(C)C)nc2s1. The van der Waals surface area contributed by atoms with Gasteiger partial charge in [0.15, 0.2) is 0 Å². The van der Waals surface area contributed by atoms with E-state index in [1.807, 2.05) is 0 Å². The summed E-state index contributed by atoms with van der Waals surface area (Å²) in [7, 11) is 0. The van der Waals surface area contributed by atoms with Gasteiger partial charge >= 0.3 is 0 Å². The van der Waals surface area contributed by atoms with Crippen molar-refractivity contribution in [3.05, 3.63) is 16.8 Å². The Morgan fingerprint density at radius 2 is 1.84 bits per heavy atom. The normalized spacial score (nSPS) is 11.5. The van der Waals surface area contributed by atoms with Gasteiger partial charge in [-0.15, -0.1) is 11.3 Å². The first-order valence-corrected chi connectivity index (χ1v) is 7.97. The molecule has 3 nitrogen and oxygen atoms in total. The molecule has 0 bridgehead atoms. The van der Waals surface area contributed by atoms with Crippen molar-refractivity contribution in [1.82, 2.24) is 9.97 Å². The van der Waals surface area contributed by atoms with Crippen molar-refractivity contribution >= 4 is 27.4 Å². The zero-order valence-corrected chi connectivity index (χ0v) is 13.3. The van der Waals surface area contributed by atoms with Crippen molar-refractivity contribution in [3.8, 4) is 0 Å². The lowest BCUT2D eigenvalue weighted by atomic mass is 10.2. The van der Waals surface area contributed by atoms with Gasteiger partial charge in [-0.3, -0.25) is 0 Å². The highest BCUT2D eigenvalue weighted by Crippen LogP contribution is 2.32. The van der Waals surface area contributed by atoms with Crippen LogP contribution in [0.15, 0.2) is 6.07 Å². The first kappa shape index (κ1) is 14.3. The third-order valence-electron chi connectivity index (χ3n) is 3.37. The molecule has 0 aromatic carbocycles. The minimum absolute atomic E-state index is 0.367. The highest BCUT2D eigenvalue weighted by Gasteiger charge is 2.16. The van der Waals surface area contributed by atoms with Crippen molar-refractivity contribution in [2.24, 2.45) is 0 Å². The molecule has 0 amide bonds. The molecule has 0 N–H and O–H groups in total. The summed E-state index contributed by atoms with van der Waals surface area (Å²) >= 11 is 1.80. The smallest absolute Gasteiger partial charge is 0.141 e. The minimum Gasteiger partial charge on any atom is -0.357 e. The van der Waals surface area contributed by atoms with Crippen LogP contribution in [0.5, 0.6) is 0 Å².